The second kappa shape index (κ2) is 5.66. The van der Waals surface area contributed by atoms with Crippen LogP contribution in [0, 0.1) is 24.4 Å². The topological polar surface area (TPSA) is 0 Å². The molecule has 100 valence electrons. The van der Waals surface area contributed by atoms with Crippen LogP contribution >= 0.6 is 11.6 Å². The van der Waals surface area contributed by atoms with Crippen molar-refractivity contribution >= 4 is 11.6 Å². The number of halogens is 4. The van der Waals surface area contributed by atoms with Gasteiger partial charge in [-0.3, -0.25) is 0 Å². The minimum Gasteiger partial charge on any atom is -0.207 e. The van der Waals surface area contributed by atoms with Gasteiger partial charge >= 0.3 is 0 Å². The molecule has 4 heteroatoms. The summed E-state index contributed by atoms with van der Waals surface area (Å²) in [7, 11) is 0. The Morgan fingerprint density at radius 3 is 2.26 bits per heavy atom. The van der Waals surface area contributed by atoms with Crippen molar-refractivity contribution in [2.75, 3.05) is 0 Å². The molecule has 2 aromatic rings. The maximum absolute atomic E-state index is 13.5. The van der Waals surface area contributed by atoms with Gasteiger partial charge in [-0.1, -0.05) is 12.1 Å². The van der Waals surface area contributed by atoms with Gasteiger partial charge in [0.25, 0.3) is 0 Å². The van der Waals surface area contributed by atoms with E-state index in [0.717, 1.165) is 11.6 Å². The van der Waals surface area contributed by atoms with Crippen LogP contribution < -0.4 is 0 Å². The molecule has 0 aliphatic rings. The van der Waals surface area contributed by atoms with E-state index < -0.39 is 17.0 Å². The highest BCUT2D eigenvalue weighted by Gasteiger charge is 2.14. The second-order valence-corrected chi connectivity index (χ2v) is 4.94. The number of rotatable bonds is 3. The van der Waals surface area contributed by atoms with Crippen molar-refractivity contribution in [3.63, 3.8) is 0 Å². The lowest BCUT2D eigenvalue weighted by atomic mass is 9.99. The predicted molar refractivity (Wildman–Crippen MR) is 69.8 cm³/mol. The van der Waals surface area contributed by atoms with Gasteiger partial charge in [0.15, 0.2) is 0 Å². The highest BCUT2D eigenvalue weighted by Crippen LogP contribution is 2.29. The lowest BCUT2D eigenvalue weighted by Gasteiger charge is -2.13. The average Bonchev–Trinajstić information content (AvgIpc) is 2.32. The van der Waals surface area contributed by atoms with Crippen LogP contribution in [0.3, 0.4) is 0 Å². The van der Waals surface area contributed by atoms with Gasteiger partial charge in [0, 0.05) is 6.07 Å². The third kappa shape index (κ3) is 3.29. The van der Waals surface area contributed by atoms with Gasteiger partial charge in [0.05, 0.1) is 5.38 Å². The summed E-state index contributed by atoms with van der Waals surface area (Å²) in [6.45, 7) is 1.74. The summed E-state index contributed by atoms with van der Waals surface area (Å²) in [6, 6.07) is 7.68. The minimum atomic E-state index is -0.620. The fourth-order valence-electron chi connectivity index (χ4n) is 1.98. The summed E-state index contributed by atoms with van der Waals surface area (Å²) in [5, 5.41) is -0.486. The Morgan fingerprint density at radius 2 is 1.63 bits per heavy atom. The molecule has 1 atom stereocenters. The highest BCUT2D eigenvalue weighted by molar-refractivity contribution is 6.21. The van der Waals surface area contributed by atoms with E-state index in [0.29, 0.717) is 11.1 Å². The first-order valence-electron chi connectivity index (χ1n) is 5.81. The maximum Gasteiger partial charge on any atom is 0.129 e. The molecule has 0 saturated carbocycles. The second-order valence-electron chi connectivity index (χ2n) is 4.41. The minimum absolute atomic E-state index is 0.222. The Hall–Kier alpha value is -1.48. The van der Waals surface area contributed by atoms with Crippen molar-refractivity contribution in [2.24, 2.45) is 0 Å². The zero-order valence-electron chi connectivity index (χ0n) is 10.3. The molecule has 2 rings (SSSR count). The zero-order chi connectivity index (χ0) is 14.0. The van der Waals surface area contributed by atoms with E-state index in [1.807, 2.05) is 0 Å². The molecule has 0 saturated heterocycles. The first kappa shape index (κ1) is 13.9. The Labute approximate surface area is 114 Å². The number of benzene rings is 2. The normalized spacial score (nSPS) is 12.5. The molecular formula is C15H12ClF3. The van der Waals surface area contributed by atoms with Gasteiger partial charge in [-0.25, -0.2) is 13.2 Å². The molecule has 0 spiro atoms. The van der Waals surface area contributed by atoms with E-state index in [1.165, 1.54) is 24.3 Å². The molecule has 0 aromatic heterocycles. The highest BCUT2D eigenvalue weighted by atomic mass is 35.5. The van der Waals surface area contributed by atoms with Crippen molar-refractivity contribution in [3.05, 3.63) is 70.5 Å². The quantitative estimate of drug-likeness (QED) is 0.701. The predicted octanol–water partition coefficient (Wildman–Crippen LogP) is 4.93. The molecule has 0 fully saturated rings. The Balaban J connectivity index is 2.23. The van der Waals surface area contributed by atoms with E-state index in [4.69, 9.17) is 11.6 Å². The molecule has 0 heterocycles. The van der Waals surface area contributed by atoms with Crippen molar-refractivity contribution in [1.82, 2.24) is 0 Å². The number of hydrogen-bond donors (Lipinski definition) is 0. The molecule has 0 aliphatic heterocycles. The Bertz CT molecular complexity index is 596. The third-order valence-corrected chi connectivity index (χ3v) is 3.37. The molecule has 0 amide bonds. The number of hydrogen-bond acceptors (Lipinski definition) is 0. The van der Waals surface area contributed by atoms with Gasteiger partial charge in [-0.15, -0.1) is 11.6 Å². The third-order valence-electron chi connectivity index (χ3n) is 2.98. The van der Waals surface area contributed by atoms with Crippen LogP contribution in [0.2, 0.25) is 0 Å². The van der Waals surface area contributed by atoms with Crippen LogP contribution in [0.15, 0.2) is 36.4 Å². The van der Waals surface area contributed by atoms with E-state index in [-0.39, 0.29) is 12.2 Å². The summed E-state index contributed by atoms with van der Waals surface area (Å²) in [4.78, 5) is 0. The summed E-state index contributed by atoms with van der Waals surface area (Å²) < 4.78 is 39.3. The van der Waals surface area contributed by atoms with Crippen LogP contribution in [0.4, 0.5) is 13.2 Å². The zero-order valence-corrected chi connectivity index (χ0v) is 11.0. The Morgan fingerprint density at radius 1 is 1.00 bits per heavy atom. The van der Waals surface area contributed by atoms with Crippen molar-refractivity contribution in [2.45, 2.75) is 18.7 Å². The van der Waals surface area contributed by atoms with Crippen LogP contribution in [0.1, 0.15) is 22.1 Å². The van der Waals surface area contributed by atoms with Gasteiger partial charge in [-0.05, 0) is 48.2 Å². The van der Waals surface area contributed by atoms with Gasteiger partial charge in [0.1, 0.15) is 17.5 Å². The largest absolute Gasteiger partial charge is 0.207 e. The fourth-order valence-corrected chi connectivity index (χ4v) is 2.39. The van der Waals surface area contributed by atoms with Gasteiger partial charge < -0.3 is 0 Å². The summed E-state index contributed by atoms with van der Waals surface area (Å²) in [5.74, 6) is -1.58. The van der Waals surface area contributed by atoms with Crippen LogP contribution in [0.25, 0.3) is 0 Å². The van der Waals surface area contributed by atoms with Crippen LogP contribution in [-0.4, -0.2) is 0 Å². The van der Waals surface area contributed by atoms with Gasteiger partial charge in [0.2, 0.25) is 0 Å². The summed E-state index contributed by atoms with van der Waals surface area (Å²) in [5.41, 5.74) is 1.79. The first-order valence-corrected chi connectivity index (χ1v) is 6.25. The fraction of sp³-hybridized carbons (Fsp3) is 0.200. The lowest BCUT2D eigenvalue weighted by Crippen LogP contribution is -2.01. The molecule has 0 aliphatic carbocycles. The molecule has 1 unspecified atom stereocenters. The molecule has 0 bridgehead atoms. The molecule has 2 aromatic carbocycles. The van der Waals surface area contributed by atoms with E-state index in [9.17, 15) is 13.2 Å². The molecule has 19 heavy (non-hydrogen) atoms. The summed E-state index contributed by atoms with van der Waals surface area (Å²) in [6.07, 6.45) is 0.222. The first-order chi connectivity index (χ1) is 8.97. The smallest absolute Gasteiger partial charge is 0.129 e. The van der Waals surface area contributed by atoms with Crippen molar-refractivity contribution in [3.8, 4) is 0 Å². The molecule has 0 nitrogen and oxygen atoms in total. The lowest BCUT2D eigenvalue weighted by molar-refractivity contribution is 0.570. The summed E-state index contributed by atoms with van der Waals surface area (Å²) >= 11 is 6.23. The number of alkyl halides is 1. The van der Waals surface area contributed by atoms with E-state index >= 15 is 0 Å². The standard InChI is InChI=1S/C15H12ClF3/c1-9-6-11(17)4-5-13(9)14(16)7-10-2-3-12(18)8-15(10)19/h2-6,8,14H,7H2,1H3. The molecule has 0 N–H and O–H groups in total. The van der Waals surface area contributed by atoms with Crippen LogP contribution in [-0.2, 0) is 6.42 Å². The van der Waals surface area contributed by atoms with Crippen molar-refractivity contribution in [1.29, 1.82) is 0 Å². The monoisotopic (exact) mass is 284 g/mol. The maximum atomic E-state index is 13.5. The van der Waals surface area contributed by atoms with Gasteiger partial charge in [-0.2, -0.15) is 0 Å². The average molecular weight is 285 g/mol. The van der Waals surface area contributed by atoms with Crippen LogP contribution in [0.5, 0.6) is 0 Å². The van der Waals surface area contributed by atoms with E-state index in [2.05, 4.69) is 0 Å². The number of aryl methyl sites for hydroxylation is 1. The molecular weight excluding hydrogens is 273 g/mol. The SMILES string of the molecule is Cc1cc(F)ccc1C(Cl)Cc1ccc(F)cc1F. The Kier molecular flexibility index (Phi) is 4.15. The molecule has 0 radical (unpaired) electrons. The van der Waals surface area contributed by atoms with Crippen molar-refractivity contribution < 1.29 is 13.2 Å². The van der Waals surface area contributed by atoms with E-state index in [1.54, 1.807) is 13.0 Å².